The molecule has 4 N–H and O–H groups in total. The molecule has 1 amide bonds. The van der Waals surface area contributed by atoms with Crippen LogP contribution in [0.15, 0.2) is 52.2 Å². The van der Waals surface area contributed by atoms with Crippen molar-refractivity contribution < 1.29 is 13.2 Å². The number of hydrogen-bond acceptors (Lipinski definition) is 4. The van der Waals surface area contributed by atoms with Gasteiger partial charge in [-0.3, -0.25) is 4.79 Å². The number of amides is 1. The van der Waals surface area contributed by atoms with Crippen molar-refractivity contribution in [2.45, 2.75) is 11.8 Å². The number of carbonyl (C=O) groups excluding carboxylic acids is 1. The molecule has 0 aliphatic carbocycles. The lowest BCUT2D eigenvalue weighted by Gasteiger charge is -2.07. The van der Waals surface area contributed by atoms with Gasteiger partial charge in [0.2, 0.25) is 10.0 Å². The van der Waals surface area contributed by atoms with Crippen LogP contribution in [0.2, 0.25) is 0 Å². The molecule has 1 aromatic heterocycles. The summed E-state index contributed by atoms with van der Waals surface area (Å²) >= 11 is 0. The number of hydrogen-bond donors (Lipinski definition) is 4. The van der Waals surface area contributed by atoms with Gasteiger partial charge in [-0.25, -0.2) is 17.9 Å². The van der Waals surface area contributed by atoms with Crippen LogP contribution in [0.1, 0.15) is 17.3 Å². The van der Waals surface area contributed by atoms with E-state index in [4.69, 9.17) is 0 Å². The summed E-state index contributed by atoms with van der Waals surface area (Å²) in [6, 6.07) is 10.6. The Balaban J connectivity index is 1.79. The normalized spacial score (nSPS) is 11.6. The lowest BCUT2D eigenvalue weighted by molar-refractivity contribution is 0.102. The Labute approximate surface area is 143 Å². The van der Waals surface area contributed by atoms with Gasteiger partial charge in [0.05, 0.1) is 15.9 Å². The molecule has 8 nitrogen and oxygen atoms in total. The smallest absolute Gasteiger partial charge is 0.322 e. The zero-order valence-corrected chi connectivity index (χ0v) is 14.1. The van der Waals surface area contributed by atoms with Crippen molar-refractivity contribution >= 4 is 32.7 Å². The van der Waals surface area contributed by atoms with E-state index in [1.165, 1.54) is 24.3 Å². The van der Waals surface area contributed by atoms with Gasteiger partial charge >= 0.3 is 5.69 Å². The van der Waals surface area contributed by atoms with E-state index >= 15 is 0 Å². The van der Waals surface area contributed by atoms with Crippen molar-refractivity contribution in [1.29, 1.82) is 0 Å². The molecule has 9 heteroatoms. The fourth-order valence-corrected chi connectivity index (χ4v) is 3.41. The molecule has 0 saturated heterocycles. The zero-order valence-electron chi connectivity index (χ0n) is 13.3. The predicted molar refractivity (Wildman–Crippen MR) is 94.2 cm³/mol. The van der Waals surface area contributed by atoms with E-state index in [1.807, 2.05) is 0 Å². The fraction of sp³-hybridized carbons (Fsp3) is 0.125. The topological polar surface area (TPSA) is 124 Å². The van der Waals surface area contributed by atoms with Crippen LogP contribution >= 0.6 is 0 Å². The predicted octanol–water partition coefficient (Wildman–Crippen LogP) is 1.41. The van der Waals surface area contributed by atoms with Crippen LogP contribution in [-0.2, 0) is 10.0 Å². The van der Waals surface area contributed by atoms with Crippen LogP contribution in [0.25, 0.3) is 11.0 Å². The molecule has 0 saturated carbocycles. The van der Waals surface area contributed by atoms with Gasteiger partial charge in [0.15, 0.2) is 0 Å². The second-order valence-electron chi connectivity index (χ2n) is 5.32. The number of aromatic amines is 2. The third-order valence-corrected chi connectivity index (χ3v) is 5.10. The highest BCUT2D eigenvalue weighted by atomic mass is 32.2. The number of carbonyl (C=O) groups is 1. The molecule has 0 fully saturated rings. The third-order valence-electron chi connectivity index (χ3n) is 3.54. The molecular weight excluding hydrogens is 344 g/mol. The Bertz CT molecular complexity index is 1080. The number of rotatable bonds is 5. The van der Waals surface area contributed by atoms with E-state index in [9.17, 15) is 18.0 Å². The summed E-state index contributed by atoms with van der Waals surface area (Å²) in [6.45, 7) is 1.97. The summed E-state index contributed by atoms with van der Waals surface area (Å²) in [6.07, 6.45) is 0. The highest BCUT2D eigenvalue weighted by molar-refractivity contribution is 7.89. The molecule has 0 atom stereocenters. The number of nitrogens with one attached hydrogen (secondary N) is 4. The molecule has 25 heavy (non-hydrogen) atoms. The highest BCUT2D eigenvalue weighted by Crippen LogP contribution is 2.16. The average molecular weight is 360 g/mol. The Morgan fingerprint density at radius 1 is 1.04 bits per heavy atom. The summed E-state index contributed by atoms with van der Waals surface area (Å²) in [5.41, 5.74) is 1.72. The maximum Gasteiger partial charge on any atom is 0.323 e. The van der Waals surface area contributed by atoms with Gasteiger partial charge in [-0.2, -0.15) is 0 Å². The lowest BCUT2D eigenvalue weighted by Crippen LogP contribution is -2.23. The SMILES string of the molecule is CCNS(=O)(=O)c1ccc(C(=O)Nc2ccc3[nH]c(=O)[nH]c3c2)cc1. The molecule has 3 aromatic rings. The minimum absolute atomic E-state index is 0.0946. The first-order valence-corrected chi connectivity index (χ1v) is 9.00. The van der Waals surface area contributed by atoms with Crippen molar-refractivity contribution in [3.8, 4) is 0 Å². The van der Waals surface area contributed by atoms with Gasteiger partial charge in [-0.05, 0) is 42.5 Å². The van der Waals surface area contributed by atoms with Crippen molar-refractivity contribution in [1.82, 2.24) is 14.7 Å². The van der Waals surface area contributed by atoms with Crippen LogP contribution in [0.5, 0.6) is 0 Å². The molecule has 0 bridgehead atoms. The van der Waals surface area contributed by atoms with Gasteiger partial charge in [-0.15, -0.1) is 0 Å². The van der Waals surface area contributed by atoms with Crippen LogP contribution in [-0.4, -0.2) is 30.8 Å². The van der Waals surface area contributed by atoms with E-state index in [-0.39, 0.29) is 23.0 Å². The second-order valence-corrected chi connectivity index (χ2v) is 7.09. The summed E-state index contributed by atoms with van der Waals surface area (Å²) in [4.78, 5) is 28.9. The summed E-state index contributed by atoms with van der Waals surface area (Å²) in [7, 11) is -3.55. The van der Waals surface area contributed by atoms with Gasteiger partial charge in [-0.1, -0.05) is 6.92 Å². The third kappa shape index (κ3) is 3.62. The first kappa shape index (κ1) is 16.9. The van der Waals surface area contributed by atoms with Crippen molar-refractivity contribution in [2.75, 3.05) is 11.9 Å². The molecule has 1 heterocycles. The minimum Gasteiger partial charge on any atom is -0.322 e. The van der Waals surface area contributed by atoms with Crippen LogP contribution < -0.4 is 15.7 Å². The molecule has 0 unspecified atom stereocenters. The van der Waals surface area contributed by atoms with E-state index in [0.29, 0.717) is 22.3 Å². The average Bonchev–Trinajstić information content (AvgIpc) is 2.94. The van der Waals surface area contributed by atoms with Crippen molar-refractivity contribution in [2.24, 2.45) is 0 Å². The number of aromatic nitrogens is 2. The number of sulfonamides is 1. The van der Waals surface area contributed by atoms with Gasteiger partial charge in [0.1, 0.15) is 0 Å². The van der Waals surface area contributed by atoms with Crippen molar-refractivity contribution in [3.63, 3.8) is 0 Å². The van der Waals surface area contributed by atoms with Crippen LogP contribution in [0.3, 0.4) is 0 Å². The molecule has 2 aromatic carbocycles. The first-order valence-electron chi connectivity index (χ1n) is 7.52. The van der Waals surface area contributed by atoms with Crippen molar-refractivity contribution in [3.05, 3.63) is 58.5 Å². The number of benzene rings is 2. The second kappa shape index (κ2) is 6.54. The monoisotopic (exact) mass is 360 g/mol. The maximum atomic E-state index is 12.3. The number of anilines is 1. The number of imidazole rings is 1. The minimum atomic E-state index is -3.55. The van der Waals surface area contributed by atoms with Gasteiger partial charge in [0, 0.05) is 17.8 Å². The zero-order chi connectivity index (χ0) is 18.0. The Morgan fingerprint density at radius 2 is 1.72 bits per heavy atom. The molecule has 0 spiro atoms. The number of H-pyrrole nitrogens is 2. The fourth-order valence-electron chi connectivity index (χ4n) is 2.37. The highest BCUT2D eigenvalue weighted by Gasteiger charge is 2.14. The molecule has 0 radical (unpaired) electrons. The Hall–Kier alpha value is -2.91. The molecule has 0 aliphatic heterocycles. The molecular formula is C16H16N4O4S. The quantitative estimate of drug-likeness (QED) is 0.549. The maximum absolute atomic E-state index is 12.3. The van der Waals surface area contributed by atoms with E-state index in [2.05, 4.69) is 20.0 Å². The summed E-state index contributed by atoms with van der Waals surface area (Å²) in [5, 5.41) is 2.70. The largest absolute Gasteiger partial charge is 0.323 e. The standard InChI is InChI=1S/C16H16N4O4S/c1-2-17-25(23,24)12-6-3-10(4-7-12)15(21)18-11-5-8-13-14(9-11)20-16(22)19-13/h3-9,17H,2H2,1H3,(H,18,21)(H2,19,20,22). The van der Waals surface area contributed by atoms with E-state index in [1.54, 1.807) is 25.1 Å². The molecule has 3 rings (SSSR count). The van der Waals surface area contributed by atoms with E-state index < -0.39 is 10.0 Å². The summed E-state index contributed by atoms with van der Waals surface area (Å²) in [5.74, 6) is -0.385. The van der Waals surface area contributed by atoms with Gasteiger partial charge < -0.3 is 15.3 Å². The van der Waals surface area contributed by atoms with Crippen LogP contribution in [0, 0.1) is 0 Å². The summed E-state index contributed by atoms with van der Waals surface area (Å²) < 4.78 is 26.2. The lowest BCUT2D eigenvalue weighted by atomic mass is 10.2. The first-order chi connectivity index (χ1) is 11.9. The van der Waals surface area contributed by atoms with Crippen LogP contribution in [0.4, 0.5) is 5.69 Å². The Kier molecular flexibility index (Phi) is 4.43. The van der Waals surface area contributed by atoms with E-state index in [0.717, 1.165) is 0 Å². The molecule has 130 valence electrons. The Morgan fingerprint density at radius 3 is 2.40 bits per heavy atom. The number of fused-ring (bicyclic) bond motifs is 1. The molecule has 0 aliphatic rings. The van der Waals surface area contributed by atoms with Gasteiger partial charge in [0.25, 0.3) is 5.91 Å².